The molecule has 0 aliphatic heterocycles. The van der Waals surface area contributed by atoms with E-state index in [0.29, 0.717) is 11.6 Å². The van der Waals surface area contributed by atoms with E-state index in [0.717, 1.165) is 12.1 Å². The molecule has 0 heterocycles. The quantitative estimate of drug-likeness (QED) is 0.518. The zero-order valence-corrected chi connectivity index (χ0v) is 11.0. The van der Waals surface area contributed by atoms with Gasteiger partial charge in [0.05, 0.1) is 10.5 Å². The summed E-state index contributed by atoms with van der Waals surface area (Å²) in [5, 5.41) is 13.5. The molecule has 116 valence electrons. The topological polar surface area (TPSA) is 55.2 Å². The highest BCUT2D eigenvalue weighted by atomic mass is 19.4. The Bertz CT molecular complexity index is 701. The third-order valence-corrected chi connectivity index (χ3v) is 2.89. The molecule has 0 unspecified atom stereocenters. The standard InChI is InChI=1S/C14H10F4N2O2/c15-11-3-1-2-9(6-11)8-19-12-5-4-10(14(16,17)18)7-13(12)20(21)22/h1-7,19H,8H2. The molecule has 0 saturated carbocycles. The van der Waals surface area contributed by atoms with Crippen molar-refractivity contribution in [2.75, 3.05) is 5.32 Å². The number of anilines is 1. The first-order chi connectivity index (χ1) is 10.3. The second-order valence-corrected chi connectivity index (χ2v) is 4.47. The van der Waals surface area contributed by atoms with Gasteiger partial charge in [0.25, 0.3) is 5.69 Å². The summed E-state index contributed by atoms with van der Waals surface area (Å²) in [6.07, 6.45) is -4.66. The van der Waals surface area contributed by atoms with Crippen molar-refractivity contribution in [2.24, 2.45) is 0 Å². The molecule has 0 fully saturated rings. The van der Waals surface area contributed by atoms with E-state index in [2.05, 4.69) is 5.32 Å². The van der Waals surface area contributed by atoms with Gasteiger partial charge in [0, 0.05) is 12.6 Å². The Morgan fingerprint density at radius 1 is 1.14 bits per heavy atom. The van der Waals surface area contributed by atoms with E-state index < -0.39 is 28.2 Å². The lowest BCUT2D eigenvalue weighted by atomic mass is 10.1. The third kappa shape index (κ3) is 3.72. The van der Waals surface area contributed by atoms with Crippen LogP contribution in [-0.2, 0) is 12.7 Å². The van der Waals surface area contributed by atoms with Crippen molar-refractivity contribution in [3.05, 3.63) is 69.5 Å². The van der Waals surface area contributed by atoms with Gasteiger partial charge in [-0.25, -0.2) is 4.39 Å². The van der Waals surface area contributed by atoms with Crippen molar-refractivity contribution in [3.8, 4) is 0 Å². The molecule has 0 spiro atoms. The molecule has 0 bridgehead atoms. The van der Waals surface area contributed by atoms with Crippen LogP contribution in [0.5, 0.6) is 0 Å². The first kappa shape index (κ1) is 15.7. The van der Waals surface area contributed by atoms with Crippen LogP contribution >= 0.6 is 0 Å². The fraction of sp³-hybridized carbons (Fsp3) is 0.143. The van der Waals surface area contributed by atoms with Crippen LogP contribution in [0.3, 0.4) is 0 Å². The van der Waals surface area contributed by atoms with Crippen molar-refractivity contribution in [2.45, 2.75) is 12.7 Å². The molecule has 4 nitrogen and oxygen atoms in total. The van der Waals surface area contributed by atoms with Gasteiger partial charge in [-0.1, -0.05) is 12.1 Å². The number of nitrogens with one attached hydrogen (secondary N) is 1. The molecule has 1 N–H and O–H groups in total. The summed E-state index contributed by atoms with van der Waals surface area (Å²) in [6.45, 7) is 0.0456. The minimum absolute atomic E-state index is 0.0456. The number of nitro groups is 1. The predicted molar refractivity (Wildman–Crippen MR) is 71.8 cm³/mol. The van der Waals surface area contributed by atoms with E-state index >= 15 is 0 Å². The van der Waals surface area contributed by atoms with Gasteiger partial charge >= 0.3 is 6.18 Å². The summed E-state index contributed by atoms with van der Waals surface area (Å²) < 4.78 is 50.7. The van der Waals surface area contributed by atoms with Crippen molar-refractivity contribution < 1.29 is 22.5 Å². The van der Waals surface area contributed by atoms with Gasteiger partial charge in [0.1, 0.15) is 11.5 Å². The van der Waals surface area contributed by atoms with Crippen LogP contribution < -0.4 is 5.32 Å². The zero-order valence-electron chi connectivity index (χ0n) is 11.0. The van der Waals surface area contributed by atoms with E-state index in [-0.39, 0.29) is 12.2 Å². The van der Waals surface area contributed by atoms with E-state index in [1.165, 1.54) is 18.2 Å². The summed E-state index contributed by atoms with van der Waals surface area (Å²) in [7, 11) is 0. The molecule has 22 heavy (non-hydrogen) atoms. The fourth-order valence-corrected chi connectivity index (χ4v) is 1.85. The van der Waals surface area contributed by atoms with Gasteiger partial charge in [-0.15, -0.1) is 0 Å². The van der Waals surface area contributed by atoms with Crippen LogP contribution in [-0.4, -0.2) is 4.92 Å². The second-order valence-electron chi connectivity index (χ2n) is 4.47. The molecule has 2 aromatic carbocycles. The molecule has 0 amide bonds. The van der Waals surface area contributed by atoms with Crippen LogP contribution in [0, 0.1) is 15.9 Å². The van der Waals surface area contributed by atoms with Crippen molar-refractivity contribution in [1.29, 1.82) is 0 Å². The van der Waals surface area contributed by atoms with E-state index in [4.69, 9.17) is 0 Å². The normalized spacial score (nSPS) is 11.3. The zero-order chi connectivity index (χ0) is 16.3. The SMILES string of the molecule is O=[N+]([O-])c1cc(C(F)(F)F)ccc1NCc1cccc(F)c1. The average molecular weight is 314 g/mol. The average Bonchev–Trinajstić information content (AvgIpc) is 2.44. The minimum atomic E-state index is -4.66. The molecule has 0 radical (unpaired) electrons. The number of halogens is 4. The van der Waals surface area contributed by atoms with Crippen molar-refractivity contribution in [1.82, 2.24) is 0 Å². The van der Waals surface area contributed by atoms with E-state index in [9.17, 15) is 27.7 Å². The minimum Gasteiger partial charge on any atom is -0.375 e. The van der Waals surface area contributed by atoms with Gasteiger partial charge in [-0.3, -0.25) is 10.1 Å². The Balaban J connectivity index is 2.25. The lowest BCUT2D eigenvalue weighted by Gasteiger charge is -2.10. The van der Waals surface area contributed by atoms with Gasteiger partial charge in [-0.2, -0.15) is 13.2 Å². The van der Waals surface area contributed by atoms with E-state index in [1.54, 1.807) is 6.07 Å². The van der Waals surface area contributed by atoms with Crippen LogP contribution in [0.1, 0.15) is 11.1 Å². The monoisotopic (exact) mass is 314 g/mol. The molecular formula is C14H10F4N2O2. The molecule has 8 heteroatoms. The Labute approximate surface area is 122 Å². The van der Waals surface area contributed by atoms with Crippen LogP contribution in [0.4, 0.5) is 28.9 Å². The fourth-order valence-electron chi connectivity index (χ4n) is 1.85. The Morgan fingerprint density at radius 2 is 1.86 bits per heavy atom. The first-order valence-corrected chi connectivity index (χ1v) is 6.11. The predicted octanol–water partition coefficient (Wildman–Crippen LogP) is 4.36. The molecule has 0 aliphatic rings. The summed E-state index contributed by atoms with van der Waals surface area (Å²) in [5.74, 6) is -0.471. The largest absolute Gasteiger partial charge is 0.416 e. The van der Waals surface area contributed by atoms with Gasteiger partial charge in [0.15, 0.2) is 0 Å². The Hall–Kier alpha value is -2.64. The molecule has 2 rings (SSSR count). The summed E-state index contributed by atoms with van der Waals surface area (Å²) in [4.78, 5) is 10.0. The maximum Gasteiger partial charge on any atom is 0.416 e. The molecule has 0 aromatic heterocycles. The first-order valence-electron chi connectivity index (χ1n) is 6.11. The van der Waals surface area contributed by atoms with Crippen LogP contribution in [0.15, 0.2) is 42.5 Å². The number of nitrogens with zero attached hydrogens (tertiary/aromatic N) is 1. The van der Waals surface area contributed by atoms with Crippen LogP contribution in [0.2, 0.25) is 0 Å². The number of hydrogen-bond acceptors (Lipinski definition) is 3. The van der Waals surface area contributed by atoms with Crippen molar-refractivity contribution >= 4 is 11.4 Å². The van der Waals surface area contributed by atoms with Gasteiger partial charge in [-0.05, 0) is 29.8 Å². The maximum absolute atomic E-state index is 13.0. The summed E-state index contributed by atoms with van der Waals surface area (Å²) >= 11 is 0. The number of hydrogen-bond donors (Lipinski definition) is 1. The smallest absolute Gasteiger partial charge is 0.375 e. The van der Waals surface area contributed by atoms with Crippen LogP contribution in [0.25, 0.3) is 0 Å². The molecule has 0 aliphatic carbocycles. The molecule has 0 saturated heterocycles. The highest BCUT2D eigenvalue weighted by Crippen LogP contribution is 2.35. The van der Waals surface area contributed by atoms with Gasteiger partial charge < -0.3 is 5.32 Å². The molecule has 0 atom stereocenters. The highest BCUT2D eigenvalue weighted by Gasteiger charge is 2.32. The lowest BCUT2D eigenvalue weighted by molar-refractivity contribution is -0.384. The summed E-state index contributed by atoms with van der Waals surface area (Å²) in [6, 6.07) is 7.72. The van der Waals surface area contributed by atoms with Crippen molar-refractivity contribution in [3.63, 3.8) is 0 Å². The molecule has 2 aromatic rings. The number of rotatable bonds is 4. The van der Waals surface area contributed by atoms with Gasteiger partial charge in [0.2, 0.25) is 0 Å². The lowest BCUT2D eigenvalue weighted by Crippen LogP contribution is -2.08. The summed E-state index contributed by atoms with van der Waals surface area (Å²) in [5.41, 5.74) is -1.35. The third-order valence-electron chi connectivity index (χ3n) is 2.89. The number of alkyl halides is 3. The highest BCUT2D eigenvalue weighted by molar-refractivity contribution is 5.63. The maximum atomic E-state index is 13.0. The Morgan fingerprint density at radius 3 is 2.45 bits per heavy atom. The Kier molecular flexibility index (Phi) is 4.30. The van der Waals surface area contributed by atoms with E-state index in [1.807, 2.05) is 0 Å². The second kappa shape index (κ2) is 6.00. The number of nitro benzene ring substituents is 1. The number of benzene rings is 2. The molecular weight excluding hydrogens is 304 g/mol.